The Hall–Kier alpha value is -1.04. The van der Waals surface area contributed by atoms with E-state index in [-0.39, 0.29) is 5.91 Å². The molecule has 0 bridgehead atoms. The predicted octanol–water partition coefficient (Wildman–Crippen LogP) is 3.64. The molecule has 2 aromatic rings. The van der Waals surface area contributed by atoms with Crippen LogP contribution >= 0.6 is 34.7 Å². The number of benzene rings is 1. The topological polar surface area (TPSA) is 33.2 Å². The van der Waals surface area contributed by atoms with Crippen LogP contribution in [-0.2, 0) is 4.79 Å². The van der Waals surface area contributed by atoms with Crippen LogP contribution in [-0.4, -0.2) is 35.6 Å². The molecule has 1 aromatic carbocycles. The van der Waals surface area contributed by atoms with Gasteiger partial charge in [-0.2, -0.15) is 0 Å². The fourth-order valence-corrected chi connectivity index (χ4v) is 3.27. The van der Waals surface area contributed by atoms with Crippen molar-refractivity contribution in [2.24, 2.45) is 0 Å². The molecule has 3 nitrogen and oxygen atoms in total. The smallest absolute Gasteiger partial charge is 0.232 e. The average molecular weight is 313 g/mol. The first kappa shape index (κ1) is 14.4. The minimum Gasteiger partial charge on any atom is -0.348 e. The van der Waals surface area contributed by atoms with Crippen molar-refractivity contribution >= 4 is 40.6 Å². The third kappa shape index (κ3) is 3.96. The lowest BCUT2D eigenvalue weighted by molar-refractivity contribution is -0.125. The normalized spacial score (nSPS) is 10.5. The summed E-state index contributed by atoms with van der Waals surface area (Å²) in [4.78, 5) is 17.6. The number of hydrogen-bond donors (Lipinski definition) is 0. The molecule has 0 atom stereocenters. The first-order valence-corrected chi connectivity index (χ1v) is 7.85. The van der Waals surface area contributed by atoms with Gasteiger partial charge < -0.3 is 4.90 Å². The van der Waals surface area contributed by atoms with Crippen molar-refractivity contribution in [3.8, 4) is 11.3 Å². The van der Waals surface area contributed by atoms with Gasteiger partial charge in [-0.15, -0.1) is 11.3 Å². The van der Waals surface area contributed by atoms with E-state index in [4.69, 9.17) is 11.6 Å². The SMILES string of the molecule is CN(C)C(=O)CSc1nc(-c2ccc(Cl)cc2)cs1. The van der Waals surface area contributed by atoms with E-state index in [2.05, 4.69) is 4.98 Å². The van der Waals surface area contributed by atoms with Crippen molar-refractivity contribution in [1.82, 2.24) is 9.88 Å². The van der Waals surface area contributed by atoms with Crippen LogP contribution in [0.15, 0.2) is 34.0 Å². The second-order valence-electron chi connectivity index (χ2n) is 4.08. The molecule has 1 heterocycles. The maximum Gasteiger partial charge on any atom is 0.232 e. The Kier molecular flexibility index (Phi) is 4.85. The van der Waals surface area contributed by atoms with Gasteiger partial charge in [0.1, 0.15) is 0 Å². The molecule has 0 saturated carbocycles. The minimum atomic E-state index is 0.0910. The molecule has 19 heavy (non-hydrogen) atoms. The Morgan fingerprint density at radius 2 is 2.05 bits per heavy atom. The molecule has 0 N–H and O–H groups in total. The monoisotopic (exact) mass is 312 g/mol. The summed E-state index contributed by atoms with van der Waals surface area (Å²) in [6.45, 7) is 0. The molecule has 0 radical (unpaired) electrons. The summed E-state index contributed by atoms with van der Waals surface area (Å²) in [7, 11) is 3.51. The first-order chi connectivity index (χ1) is 9.06. The summed E-state index contributed by atoms with van der Waals surface area (Å²) >= 11 is 8.87. The van der Waals surface area contributed by atoms with Crippen LogP contribution in [0.3, 0.4) is 0 Å². The molecule has 0 spiro atoms. The maximum atomic E-state index is 11.5. The Morgan fingerprint density at radius 1 is 1.37 bits per heavy atom. The molecule has 100 valence electrons. The summed E-state index contributed by atoms with van der Waals surface area (Å²) in [5, 5.41) is 2.70. The quantitative estimate of drug-likeness (QED) is 0.808. The fraction of sp³-hybridized carbons (Fsp3) is 0.231. The number of hydrogen-bond acceptors (Lipinski definition) is 4. The molecule has 0 fully saturated rings. The van der Waals surface area contributed by atoms with Crippen LogP contribution in [0.4, 0.5) is 0 Å². The highest BCUT2D eigenvalue weighted by atomic mass is 35.5. The Balaban J connectivity index is 2.03. The van der Waals surface area contributed by atoms with Crippen LogP contribution < -0.4 is 0 Å². The molecule has 0 aliphatic heterocycles. The van der Waals surface area contributed by atoms with Gasteiger partial charge in [-0.3, -0.25) is 4.79 Å². The predicted molar refractivity (Wildman–Crippen MR) is 82.0 cm³/mol. The van der Waals surface area contributed by atoms with E-state index in [0.29, 0.717) is 10.8 Å². The number of thiazole rings is 1. The van der Waals surface area contributed by atoms with Gasteiger partial charge in [0, 0.05) is 30.1 Å². The summed E-state index contributed by atoms with van der Waals surface area (Å²) in [5.74, 6) is 0.508. The van der Waals surface area contributed by atoms with Crippen molar-refractivity contribution in [1.29, 1.82) is 0 Å². The molecule has 0 aliphatic carbocycles. The van der Waals surface area contributed by atoms with Crippen molar-refractivity contribution < 1.29 is 4.79 Å². The molecule has 2 rings (SSSR count). The molecule has 0 unspecified atom stereocenters. The number of amides is 1. The maximum absolute atomic E-state index is 11.5. The number of halogens is 1. The molecule has 1 aromatic heterocycles. The van der Waals surface area contributed by atoms with Crippen molar-refractivity contribution in [2.75, 3.05) is 19.8 Å². The highest BCUT2D eigenvalue weighted by Gasteiger charge is 2.09. The van der Waals surface area contributed by atoms with E-state index in [1.54, 1.807) is 30.3 Å². The molecule has 1 amide bonds. The van der Waals surface area contributed by atoms with Gasteiger partial charge >= 0.3 is 0 Å². The molecular formula is C13H13ClN2OS2. The summed E-state index contributed by atoms with van der Waals surface area (Å²) in [6.07, 6.45) is 0. The lowest BCUT2D eigenvalue weighted by atomic mass is 10.2. The zero-order chi connectivity index (χ0) is 13.8. The van der Waals surface area contributed by atoms with E-state index >= 15 is 0 Å². The van der Waals surface area contributed by atoms with Crippen LogP contribution in [0.1, 0.15) is 0 Å². The third-order valence-corrected chi connectivity index (χ3v) is 4.70. The fourth-order valence-electron chi connectivity index (χ4n) is 1.33. The third-order valence-electron chi connectivity index (χ3n) is 2.44. The lowest BCUT2D eigenvalue weighted by Crippen LogP contribution is -2.23. The van der Waals surface area contributed by atoms with Crippen molar-refractivity contribution in [3.63, 3.8) is 0 Å². The summed E-state index contributed by atoms with van der Waals surface area (Å²) in [6, 6.07) is 7.57. The number of thioether (sulfide) groups is 1. The van der Waals surface area contributed by atoms with E-state index in [0.717, 1.165) is 15.6 Å². The second kappa shape index (κ2) is 6.41. The highest BCUT2D eigenvalue weighted by Crippen LogP contribution is 2.28. The number of aromatic nitrogens is 1. The van der Waals surface area contributed by atoms with Crippen LogP contribution in [0, 0.1) is 0 Å². The first-order valence-electron chi connectivity index (χ1n) is 5.60. The van der Waals surface area contributed by atoms with Gasteiger partial charge in [0.2, 0.25) is 5.91 Å². The number of nitrogens with zero attached hydrogens (tertiary/aromatic N) is 2. The van der Waals surface area contributed by atoms with Gasteiger partial charge in [0.25, 0.3) is 0 Å². The Labute approximate surface area is 125 Å². The molecule has 6 heteroatoms. The average Bonchev–Trinajstić information content (AvgIpc) is 2.85. The van der Waals surface area contributed by atoms with E-state index < -0.39 is 0 Å². The number of carbonyl (C=O) groups excluding carboxylic acids is 1. The van der Waals surface area contributed by atoms with Crippen molar-refractivity contribution in [3.05, 3.63) is 34.7 Å². The van der Waals surface area contributed by atoms with Gasteiger partial charge in [-0.1, -0.05) is 35.5 Å². The van der Waals surface area contributed by atoms with Crippen molar-refractivity contribution in [2.45, 2.75) is 4.34 Å². The Morgan fingerprint density at radius 3 is 2.68 bits per heavy atom. The van der Waals surface area contributed by atoms with E-state index in [1.165, 1.54) is 11.8 Å². The van der Waals surface area contributed by atoms with Gasteiger partial charge in [0.15, 0.2) is 4.34 Å². The zero-order valence-corrected chi connectivity index (χ0v) is 13.0. The summed E-state index contributed by atoms with van der Waals surface area (Å²) in [5.41, 5.74) is 1.95. The lowest BCUT2D eigenvalue weighted by Gasteiger charge is -2.08. The highest BCUT2D eigenvalue weighted by molar-refractivity contribution is 8.01. The van der Waals surface area contributed by atoms with E-state index in [1.807, 2.05) is 29.6 Å². The van der Waals surface area contributed by atoms with Gasteiger partial charge in [0.05, 0.1) is 11.4 Å². The standard InChI is InChI=1S/C13H13ClN2OS2/c1-16(2)12(17)8-19-13-15-11(7-18-13)9-3-5-10(14)6-4-9/h3-7H,8H2,1-2H3. The zero-order valence-electron chi connectivity index (χ0n) is 10.6. The molecule has 0 aliphatic rings. The summed E-state index contributed by atoms with van der Waals surface area (Å²) < 4.78 is 0.903. The van der Waals surface area contributed by atoms with Gasteiger partial charge in [-0.05, 0) is 12.1 Å². The Bertz CT molecular complexity index is 566. The van der Waals surface area contributed by atoms with Crippen LogP contribution in [0.2, 0.25) is 5.02 Å². The van der Waals surface area contributed by atoms with Crippen LogP contribution in [0.5, 0.6) is 0 Å². The van der Waals surface area contributed by atoms with E-state index in [9.17, 15) is 4.79 Å². The number of rotatable bonds is 4. The second-order valence-corrected chi connectivity index (χ2v) is 6.60. The van der Waals surface area contributed by atoms with Gasteiger partial charge in [-0.25, -0.2) is 4.98 Å². The van der Waals surface area contributed by atoms with Crippen LogP contribution in [0.25, 0.3) is 11.3 Å². The number of carbonyl (C=O) groups is 1. The molecular weight excluding hydrogens is 300 g/mol. The molecule has 0 saturated heterocycles. The largest absolute Gasteiger partial charge is 0.348 e. The minimum absolute atomic E-state index is 0.0910.